The summed E-state index contributed by atoms with van der Waals surface area (Å²) in [5.74, 6) is 0.0489. The molecule has 30 heavy (non-hydrogen) atoms. The molecule has 5 nitrogen and oxygen atoms in total. The van der Waals surface area contributed by atoms with E-state index < -0.39 is 11.8 Å². The van der Waals surface area contributed by atoms with Crippen molar-refractivity contribution >= 4 is 23.2 Å². The number of esters is 1. The quantitative estimate of drug-likeness (QED) is 0.703. The minimum atomic E-state index is -0.744. The van der Waals surface area contributed by atoms with E-state index in [1.807, 2.05) is 102 Å². The van der Waals surface area contributed by atoms with Crippen molar-refractivity contribution in [1.29, 1.82) is 5.41 Å². The van der Waals surface area contributed by atoms with Crippen molar-refractivity contribution in [3.63, 3.8) is 0 Å². The highest BCUT2D eigenvalue weighted by molar-refractivity contribution is 6.11. The van der Waals surface area contributed by atoms with E-state index in [0.717, 1.165) is 33.6 Å². The van der Waals surface area contributed by atoms with Crippen LogP contribution in [0.2, 0.25) is 0 Å². The van der Waals surface area contributed by atoms with E-state index in [1.165, 1.54) is 0 Å². The number of amidine groups is 1. The molecule has 1 heterocycles. The Morgan fingerprint density at radius 1 is 0.900 bits per heavy atom. The zero-order valence-electron chi connectivity index (χ0n) is 19.3. The molecular weight excluding hydrogens is 374 g/mol. The molecule has 0 spiro atoms. The molecule has 1 fully saturated rings. The zero-order valence-corrected chi connectivity index (χ0v) is 19.3. The molecule has 2 aromatic carbocycles. The van der Waals surface area contributed by atoms with Gasteiger partial charge < -0.3 is 9.64 Å². The van der Waals surface area contributed by atoms with Gasteiger partial charge in [-0.05, 0) is 77.6 Å². The van der Waals surface area contributed by atoms with Crippen LogP contribution in [0.25, 0.3) is 0 Å². The van der Waals surface area contributed by atoms with Crippen LogP contribution in [0.5, 0.6) is 0 Å². The summed E-state index contributed by atoms with van der Waals surface area (Å²) < 4.78 is 5.86. The highest BCUT2D eigenvalue weighted by atomic mass is 16.6. The Morgan fingerprint density at radius 2 is 1.33 bits per heavy atom. The maximum atomic E-state index is 13.6. The van der Waals surface area contributed by atoms with Crippen LogP contribution in [-0.2, 0) is 9.53 Å². The lowest BCUT2D eigenvalue weighted by molar-refractivity contribution is -0.156. The predicted molar refractivity (Wildman–Crippen MR) is 124 cm³/mol. The number of rotatable bonds is 3. The Labute approximate surface area is 180 Å². The Morgan fingerprint density at radius 3 is 1.77 bits per heavy atom. The molecular formula is C25H33N3O2. The van der Waals surface area contributed by atoms with Crippen LogP contribution in [0.15, 0.2) is 36.4 Å². The molecule has 0 radical (unpaired) electrons. The van der Waals surface area contributed by atoms with E-state index in [0.29, 0.717) is 5.84 Å². The smallest absolute Gasteiger partial charge is 0.350 e. The molecule has 2 unspecified atom stereocenters. The SMILES string of the molecule is Cc1cccc(C)c1N1C(=N)C(C)N(c2c(C)cccc2C)C1C(=O)OC(C)(C)C. The van der Waals surface area contributed by atoms with Crippen molar-refractivity contribution in [3.05, 3.63) is 58.7 Å². The van der Waals surface area contributed by atoms with Crippen molar-refractivity contribution in [3.8, 4) is 0 Å². The lowest BCUT2D eigenvalue weighted by Crippen LogP contribution is -2.50. The van der Waals surface area contributed by atoms with E-state index in [1.54, 1.807) is 0 Å². The van der Waals surface area contributed by atoms with Crippen LogP contribution >= 0.6 is 0 Å². The van der Waals surface area contributed by atoms with Gasteiger partial charge in [0.15, 0.2) is 0 Å². The van der Waals surface area contributed by atoms with Gasteiger partial charge in [-0.25, -0.2) is 4.79 Å². The Balaban J connectivity index is 2.24. The number of hydrogen-bond acceptors (Lipinski definition) is 4. The number of para-hydroxylation sites is 2. The highest BCUT2D eigenvalue weighted by Gasteiger charge is 2.49. The number of ether oxygens (including phenoxy) is 1. The molecule has 1 saturated heterocycles. The van der Waals surface area contributed by atoms with Gasteiger partial charge >= 0.3 is 5.97 Å². The third kappa shape index (κ3) is 3.81. The average molecular weight is 408 g/mol. The standard InChI is InChI=1S/C25H33N3O2/c1-15-11-9-12-16(2)20(15)27-19(5)22(26)28(21-17(3)13-10-14-18(21)4)23(27)24(29)30-25(6,7)8/h9-14,19,23,26H,1-8H3. The van der Waals surface area contributed by atoms with Crippen LogP contribution in [0.1, 0.15) is 49.9 Å². The van der Waals surface area contributed by atoms with E-state index in [-0.39, 0.29) is 12.0 Å². The first kappa shape index (κ1) is 21.9. The largest absolute Gasteiger partial charge is 0.457 e. The first-order valence-corrected chi connectivity index (χ1v) is 10.5. The average Bonchev–Trinajstić information content (AvgIpc) is 2.86. The van der Waals surface area contributed by atoms with Crippen molar-refractivity contribution < 1.29 is 9.53 Å². The van der Waals surface area contributed by atoms with Crippen LogP contribution in [0.3, 0.4) is 0 Å². The van der Waals surface area contributed by atoms with Gasteiger partial charge in [0.2, 0.25) is 6.17 Å². The number of carbonyl (C=O) groups is 1. The first-order chi connectivity index (χ1) is 13.9. The summed E-state index contributed by atoms with van der Waals surface area (Å²) in [5, 5.41) is 8.99. The molecule has 0 amide bonds. The van der Waals surface area contributed by atoms with Gasteiger partial charge in [-0.15, -0.1) is 0 Å². The zero-order chi connectivity index (χ0) is 22.4. The van der Waals surface area contributed by atoms with E-state index in [9.17, 15) is 4.79 Å². The van der Waals surface area contributed by atoms with Gasteiger partial charge in [-0.2, -0.15) is 0 Å². The van der Waals surface area contributed by atoms with E-state index in [4.69, 9.17) is 10.1 Å². The van der Waals surface area contributed by atoms with Gasteiger partial charge in [0.05, 0.1) is 11.7 Å². The lowest BCUT2D eigenvalue weighted by atomic mass is 10.1. The number of nitrogens with zero attached hydrogens (tertiary/aromatic N) is 2. The second-order valence-corrected chi connectivity index (χ2v) is 9.23. The number of nitrogens with one attached hydrogen (secondary N) is 1. The minimum absolute atomic E-state index is 0.277. The number of aryl methyl sites for hydroxylation is 4. The van der Waals surface area contributed by atoms with Gasteiger partial charge in [0.25, 0.3) is 0 Å². The third-order valence-corrected chi connectivity index (χ3v) is 5.58. The van der Waals surface area contributed by atoms with Gasteiger partial charge in [0.1, 0.15) is 11.4 Å². The third-order valence-electron chi connectivity index (χ3n) is 5.58. The summed E-state index contributed by atoms with van der Waals surface area (Å²) in [6.07, 6.45) is -0.744. The summed E-state index contributed by atoms with van der Waals surface area (Å²) in [6.45, 7) is 15.8. The molecule has 1 N–H and O–H groups in total. The summed E-state index contributed by atoms with van der Waals surface area (Å²) in [5.41, 5.74) is 5.48. The second-order valence-electron chi connectivity index (χ2n) is 9.23. The molecule has 2 aromatic rings. The molecule has 0 aromatic heterocycles. The lowest BCUT2D eigenvalue weighted by Gasteiger charge is -2.35. The summed E-state index contributed by atoms with van der Waals surface area (Å²) >= 11 is 0. The molecule has 2 atom stereocenters. The van der Waals surface area contributed by atoms with Crippen LogP contribution < -0.4 is 9.80 Å². The van der Waals surface area contributed by atoms with Crippen molar-refractivity contribution in [2.45, 2.75) is 73.2 Å². The minimum Gasteiger partial charge on any atom is -0.457 e. The second kappa shape index (κ2) is 7.78. The fraction of sp³-hybridized carbons (Fsp3) is 0.440. The molecule has 0 aliphatic carbocycles. The maximum absolute atomic E-state index is 13.6. The van der Waals surface area contributed by atoms with Gasteiger partial charge in [-0.3, -0.25) is 10.3 Å². The van der Waals surface area contributed by atoms with Crippen LogP contribution in [0.4, 0.5) is 11.4 Å². The Hall–Kier alpha value is -2.82. The Bertz CT molecular complexity index is 950. The number of hydrogen-bond donors (Lipinski definition) is 1. The molecule has 5 heteroatoms. The highest BCUT2D eigenvalue weighted by Crippen LogP contribution is 2.39. The first-order valence-electron chi connectivity index (χ1n) is 10.5. The number of benzene rings is 2. The monoisotopic (exact) mass is 407 g/mol. The summed E-state index contributed by atoms with van der Waals surface area (Å²) in [6, 6.07) is 11.9. The molecule has 160 valence electrons. The number of carbonyl (C=O) groups excluding carboxylic acids is 1. The van der Waals surface area contributed by atoms with Crippen molar-refractivity contribution in [2.24, 2.45) is 0 Å². The maximum Gasteiger partial charge on any atom is 0.350 e. The molecule has 3 rings (SSSR count). The van der Waals surface area contributed by atoms with E-state index in [2.05, 4.69) is 0 Å². The van der Waals surface area contributed by atoms with E-state index >= 15 is 0 Å². The topological polar surface area (TPSA) is 56.6 Å². The van der Waals surface area contributed by atoms with Gasteiger partial charge in [-0.1, -0.05) is 36.4 Å². The van der Waals surface area contributed by atoms with Crippen molar-refractivity contribution in [2.75, 3.05) is 9.80 Å². The van der Waals surface area contributed by atoms with Gasteiger partial charge in [0, 0.05) is 5.69 Å². The molecule has 1 aliphatic rings. The summed E-state index contributed by atoms with van der Waals surface area (Å²) in [7, 11) is 0. The summed E-state index contributed by atoms with van der Waals surface area (Å²) in [4.78, 5) is 17.5. The molecule has 0 saturated carbocycles. The molecule has 0 bridgehead atoms. The fourth-order valence-corrected chi connectivity index (χ4v) is 4.33. The van der Waals surface area contributed by atoms with Crippen molar-refractivity contribution in [1.82, 2.24) is 0 Å². The predicted octanol–water partition coefficient (Wildman–Crippen LogP) is 5.28. The van der Waals surface area contributed by atoms with Crippen LogP contribution in [-0.4, -0.2) is 29.6 Å². The Kier molecular flexibility index (Phi) is 5.68. The number of anilines is 2. The fourth-order valence-electron chi connectivity index (χ4n) is 4.33. The van der Waals surface area contributed by atoms with Crippen LogP contribution in [0, 0.1) is 33.1 Å². The normalized spacial score (nSPS) is 19.4. The molecule has 1 aliphatic heterocycles.